The number of nitrogens with two attached hydrogens (primary N) is 2. The van der Waals surface area contributed by atoms with Gasteiger partial charge in [-0.2, -0.15) is 0 Å². The van der Waals surface area contributed by atoms with Crippen LogP contribution in [-0.2, 0) is 19.2 Å². The van der Waals surface area contributed by atoms with Crippen molar-refractivity contribution in [3.8, 4) is 0 Å². The molecule has 3 amide bonds. The number of fused-ring (bicyclic) bond motifs is 1. The van der Waals surface area contributed by atoms with Crippen LogP contribution in [0.3, 0.4) is 0 Å². The molecule has 2 atom stereocenters. The van der Waals surface area contributed by atoms with Crippen LogP contribution >= 0.6 is 34.9 Å². The third kappa shape index (κ3) is 5.47. The largest absolute Gasteiger partial charge is 0.477 e. The minimum atomic E-state index is -1.27. The van der Waals surface area contributed by atoms with Crippen molar-refractivity contribution in [2.24, 2.45) is 10.9 Å². The Morgan fingerprint density at radius 3 is 2.79 bits per heavy atom. The number of nitrogens with zero attached hydrogens (tertiary/aromatic N) is 3. The lowest BCUT2D eigenvalue weighted by Crippen LogP contribution is -2.71. The van der Waals surface area contributed by atoms with Gasteiger partial charge in [0.05, 0.1) is 6.54 Å². The van der Waals surface area contributed by atoms with Crippen molar-refractivity contribution >= 4 is 69.4 Å². The fourth-order valence-corrected chi connectivity index (χ4v) is 5.83. The number of hydrogen-bond acceptors (Lipinski definition) is 12. The highest BCUT2D eigenvalue weighted by atomic mass is 32.2. The first kappa shape index (κ1) is 24.6. The molecule has 1 aromatic rings. The van der Waals surface area contributed by atoms with Crippen LogP contribution < -0.4 is 22.1 Å². The third-order valence-electron chi connectivity index (χ3n) is 4.37. The number of anilines is 1. The van der Waals surface area contributed by atoms with Gasteiger partial charge in [-0.05, 0) is 5.41 Å². The Labute approximate surface area is 199 Å². The molecular formula is C17H19N7O6S3. The van der Waals surface area contributed by atoms with Crippen molar-refractivity contribution < 1.29 is 29.5 Å². The predicted octanol–water partition coefficient (Wildman–Crippen LogP) is -1.08. The minimum absolute atomic E-state index is 0.0174. The summed E-state index contributed by atoms with van der Waals surface area (Å²) in [6, 6.07) is -0.996. The molecule has 0 radical (unpaired) electrons. The first-order valence-electron chi connectivity index (χ1n) is 9.20. The van der Waals surface area contributed by atoms with E-state index in [9.17, 15) is 29.5 Å². The van der Waals surface area contributed by atoms with E-state index in [-0.39, 0.29) is 23.1 Å². The van der Waals surface area contributed by atoms with E-state index < -0.39 is 40.8 Å². The number of thioether (sulfide) groups is 2. The number of carbonyl (C=O) groups is 4. The summed E-state index contributed by atoms with van der Waals surface area (Å²) in [4.78, 5) is 53.2. The van der Waals surface area contributed by atoms with Crippen molar-refractivity contribution in [2.75, 3.05) is 24.6 Å². The van der Waals surface area contributed by atoms with Gasteiger partial charge in [0.15, 0.2) is 10.8 Å². The van der Waals surface area contributed by atoms with Crippen molar-refractivity contribution in [1.29, 1.82) is 0 Å². The third-order valence-corrected chi connectivity index (χ3v) is 7.46. The lowest BCUT2D eigenvalue weighted by Gasteiger charge is -2.49. The van der Waals surface area contributed by atoms with Crippen LogP contribution in [0.25, 0.3) is 0 Å². The van der Waals surface area contributed by atoms with E-state index >= 15 is 0 Å². The number of oxime groups is 1. The average Bonchev–Trinajstić information content (AvgIpc) is 3.19. The summed E-state index contributed by atoms with van der Waals surface area (Å²) in [6.45, 7) is 0.376. The van der Waals surface area contributed by atoms with E-state index in [0.29, 0.717) is 17.2 Å². The maximum absolute atomic E-state index is 12.7. The molecule has 33 heavy (non-hydrogen) atoms. The number of β-lactam (4-membered cyclic amide) rings is 1. The number of carbonyl (C=O) groups excluding carboxylic acids is 3. The summed E-state index contributed by atoms with van der Waals surface area (Å²) >= 11 is 3.49. The topological polar surface area (TPSA) is 213 Å². The summed E-state index contributed by atoms with van der Waals surface area (Å²) in [5, 5.41) is 29.7. The first-order chi connectivity index (χ1) is 15.7. The van der Waals surface area contributed by atoms with Crippen LogP contribution in [-0.4, -0.2) is 79.9 Å². The van der Waals surface area contributed by atoms with E-state index in [1.807, 2.05) is 0 Å². The van der Waals surface area contributed by atoms with Gasteiger partial charge < -0.3 is 32.4 Å². The van der Waals surface area contributed by atoms with E-state index in [0.717, 1.165) is 28.0 Å². The highest BCUT2D eigenvalue weighted by Gasteiger charge is 2.54. The molecule has 2 aliphatic heterocycles. The SMILES string of the molecule is NC(=O)CNC/C=C\SC1=C(C(=O)O)N2C(=O)C(NC(=O)/C(=N\O)c3csc(N)n3)[C@H]2SC1. The van der Waals surface area contributed by atoms with Gasteiger partial charge >= 0.3 is 5.97 Å². The zero-order valence-electron chi connectivity index (χ0n) is 16.8. The summed E-state index contributed by atoms with van der Waals surface area (Å²) in [7, 11) is 0. The van der Waals surface area contributed by atoms with Crippen LogP contribution in [0.2, 0.25) is 0 Å². The summed E-state index contributed by atoms with van der Waals surface area (Å²) in [5.74, 6) is -2.90. The van der Waals surface area contributed by atoms with Gasteiger partial charge in [0.2, 0.25) is 5.91 Å². The Hall–Kier alpha value is -3.08. The van der Waals surface area contributed by atoms with Gasteiger partial charge in [-0.1, -0.05) is 23.0 Å². The number of primary amides is 1. The van der Waals surface area contributed by atoms with E-state index in [1.165, 1.54) is 17.1 Å². The molecule has 8 N–H and O–H groups in total. The molecule has 1 unspecified atom stereocenters. The molecule has 13 nitrogen and oxygen atoms in total. The number of hydrogen-bond donors (Lipinski definition) is 6. The quantitative estimate of drug-likeness (QED) is 0.0727. The summed E-state index contributed by atoms with van der Waals surface area (Å²) < 4.78 is 0. The summed E-state index contributed by atoms with van der Waals surface area (Å²) in [5.41, 5.74) is 10.0. The molecule has 3 rings (SSSR count). The Balaban J connectivity index is 1.66. The monoisotopic (exact) mass is 513 g/mol. The van der Waals surface area contributed by atoms with Crippen molar-refractivity contribution in [3.05, 3.63) is 33.2 Å². The predicted molar refractivity (Wildman–Crippen MR) is 123 cm³/mol. The molecule has 0 bridgehead atoms. The standard InChI is InChI=1S/C17H19N7O6S3/c18-9(25)4-20-2-1-3-31-8-6-32-15-11(14(27)24(15)12(8)16(28)29)22-13(26)10(23-30)7-5-33-17(19)21-7/h1,3,5,11,15,20,30H,2,4,6H2,(H2,18,25)(H2,19,21)(H,22,26)(H,28,29)/b3-1-,23-10-/t11?,15-/m1/s1. The number of aromatic nitrogens is 1. The molecule has 2 aliphatic rings. The maximum Gasteiger partial charge on any atom is 0.353 e. The highest BCUT2D eigenvalue weighted by molar-refractivity contribution is 8.08. The Kier molecular flexibility index (Phi) is 7.96. The van der Waals surface area contributed by atoms with Gasteiger partial charge in [-0.25, -0.2) is 9.78 Å². The molecular weight excluding hydrogens is 494 g/mol. The van der Waals surface area contributed by atoms with Crippen LogP contribution in [0.4, 0.5) is 5.13 Å². The molecule has 0 spiro atoms. The highest BCUT2D eigenvalue weighted by Crippen LogP contribution is 2.43. The molecule has 0 aromatic carbocycles. The minimum Gasteiger partial charge on any atom is -0.477 e. The van der Waals surface area contributed by atoms with Gasteiger partial charge in [0, 0.05) is 22.6 Å². The van der Waals surface area contributed by atoms with Crippen LogP contribution in [0.5, 0.6) is 0 Å². The van der Waals surface area contributed by atoms with Crippen molar-refractivity contribution in [2.45, 2.75) is 11.4 Å². The van der Waals surface area contributed by atoms with Crippen LogP contribution in [0.15, 0.2) is 32.6 Å². The molecule has 1 saturated heterocycles. The second kappa shape index (κ2) is 10.7. The molecule has 0 saturated carbocycles. The van der Waals surface area contributed by atoms with Crippen LogP contribution in [0.1, 0.15) is 5.69 Å². The number of aliphatic carboxylic acids is 1. The molecule has 3 heterocycles. The van der Waals surface area contributed by atoms with E-state index in [1.54, 1.807) is 11.5 Å². The maximum atomic E-state index is 12.7. The zero-order chi connectivity index (χ0) is 24.1. The van der Waals surface area contributed by atoms with Crippen LogP contribution in [0, 0.1) is 0 Å². The molecule has 1 aromatic heterocycles. The smallest absolute Gasteiger partial charge is 0.353 e. The Bertz CT molecular complexity index is 1070. The van der Waals surface area contributed by atoms with Crippen molar-refractivity contribution in [3.63, 3.8) is 0 Å². The molecule has 0 aliphatic carbocycles. The number of rotatable bonds is 10. The number of carboxylic acid groups (broad SMARTS) is 1. The Morgan fingerprint density at radius 2 is 2.18 bits per heavy atom. The van der Waals surface area contributed by atoms with E-state index in [2.05, 4.69) is 20.8 Å². The summed E-state index contributed by atoms with van der Waals surface area (Å²) in [6.07, 6.45) is 1.69. The second-order valence-corrected chi connectivity index (χ2v) is 9.54. The van der Waals surface area contributed by atoms with Gasteiger partial charge in [-0.15, -0.1) is 23.1 Å². The number of nitrogen functional groups attached to an aromatic ring is 1. The van der Waals surface area contributed by atoms with Gasteiger partial charge in [-0.3, -0.25) is 19.3 Å². The number of carboxylic acids is 1. The average molecular weight is 514 g/mol. The number of thiazole rings is 1. The number of amides is 3. The fourth-order valence-electron chi connectivity index (χ4n) is 2.96. The van der Waals surface area contributed by atoms with Crippen molar-refractivity contribution in [1.82, 2.24) is 20.5 Å². The second-order valence-electron chi connectivity index (χ2n) is 6.54. The zero-order valence-corrected chi connectivity index (χ0v) is 19.2. The van der Waals surface area contributed by atoms with E-state index in [4.69, 9.17) is 11.5 Å². The normalized spacial score (nSPS) is 20.5. The van der Waals surface area contributed by atoms with Gasteiger partial charge in [0.25, 0.3) is 11.8 Å². The fraction of sp³-hybridized carbons (Fsp3) is 0.294. The number of nitrogens with one attached hydrogen (secondary N) is 2. The lowest BCUT2D eigenvalue weighted by atomic mass is 10.0. The van der Waals surface area contributed by atoms with Gasteiger partial charge in [0.1, 0.15) is 22.8 Å². The molecule has 176 valence electrons. The lowest BCUT2D eigenvalue weighted by molar-refractivity contribution is -0.150. The molecule has 1 fully saturated rings. The Morgan fingerprint density at radius 1 is 1.42 bits per heavy atom. The molecule has 16 heteroatoms. The first-order valence-corrected chi connectivity index (χ1v) is 12.0.